The van der Waals surface area contributed by atoms with Crippen molar-refractivity contribution in [2.45, 2.75) is 16.7 Å². The molecule has 0 aliphatic rings. The van der Waals surface area contributed by atoms with Gasteiger partial charge in [0, 0.05) is 12.7 Å². The van der Waals surface area contributed by atoms with E-state index in [0.29, 0.717) is 5.75 Å². The lowest BCUT2D eigenvalue weighted by atomic mass is 10.2. The minimum Gasteiger partial charge on any atom is -0.496 e. The zero-order chi connectivity index (χ0) is 25.8. The number of benzene rings is 3. The van der Waals surface area contributed by atoms with Crippen LogP contribution in [-0.2, 0) is 20.0 Å². The van der Waals surface area contributed by atoms with Crippen LogP contribution in [0.1, 0.15) is 15.9 Å². The standard InChI is InChI=1S/C23H25N3O7S2/c1-15-5-11-22(33-4)20(13-15)26-34(28,29)17-8-6-16(7-9-17)25-35(30,31)18-10-12-21(32-3)19(14-18)23(27)24-2/h5-14,25-26H,1-4H3,(H,24,27). The van der Waals surface area contributed by atoms with Crippen molar-refractivity contribution in [3.63, 3.8) is 0 Å². The second-order valence-corrected chi connectivity index (χ2v) is 10.7. The van der Waals surface area contributed by atoms with Gasteiger partial charge in [0.1, 0.15) is 11.5 Å². The molecule has 0 bridgehead atoms. The number of carbonyl (C=O) groups is 1. The molecule has 12 heteroatoms. The molecule has 3 aromatic carbocycles. The molecule has 10 nitrogen and oxygen atoms in total. The van der Waals surface area contributed by atoms with Crippen LogP contribution in [-0.4, -0.2) is 44.0 Å². The van der Waals surface area contributed by atoms with E-state index in [1.165, 1.54) is 63.7 Å². The molecule has 3 N–H and O–H groups in total. The Kier molecular flexibility index (Phi) is 7.56. The molecule has 0 atom stereocenters. The van der Waals surface area contributed by atoms with Gasteiger partial charge in [-0.25, -0.2) is 16.8 Å². The molecule has 0 aliphatic heterocycles. The van der Waals surface area contributed by atoms with Crippen molar-refractivity contribution in [1.82, 2.24) is 5.32 Å². The Labute approximate surface area is 204 Å². The molecule has 3 aromatic rings. The Morgan fingerprint density at radius 3 is 1.91 bits per heavy atom. The van der Waals surface area contributed by atoms with Crippen molar-refractivity contribution in [3.05, 3.63) is 71.8 Å². The monoisotopic (exact) mass is 519 g/mol. The van der Waals surface area contributed by atoms with E-state index in [1.54, 1.807) is 18.2 Å². The van der Waals surface area contributed by atoms with Gasteiger partial charge in [0.15, 0.2) is 0 Å². The van der Waals surface area contributed by atoms with E-state index < -0.39 is 26.0 Å². The van der Waals surface area contributed by atoms with E-state index in [4.69, 9.17) is 9.47 Å². The Morgan fingerprint density at radius 2 is 1.31 bits per heavy atom. The van der Waals surface area contributed by atoms with Crippen LogP contribution in [0.25, 0.3) is 0 Å². The quantitative estimate of drug-likeness (QED) is 0.395. The van der Waals surface area contributed by atoms with Crippen molar-refractivity contribution in [2.75, 3.05) is 30.7 Å². The van der Waals surface area contributed by atoms with Crippen molar-refractivity contribution >= 4 is 37.3 Å². The normalized spacial score (nSPS) is 11.4. The van der Waals surface area contributed by atoms with Crippen molar-refractivity contribution in [3.8, 4) is 11.5 Å². The molecule has 0 heterocycles. The van der Waals surface area contributed by atoms with Crippen LogP contribution >= 0.6 is 0 Å². The summed E-state index contributed by atoms with van der Waals surface area (Å²) in [6, 6.07) is 14.1. The smallest absolute Gasteiger partial charge is 0.262 e. The molecule has 0 saturated heterocycles. The van der Waals surface area contributed by atoms with Crippen molar-refractivity contribution < 1.29 is 31.1 Å². The van der Waals surface area contributed by atoms with Gasteiger partial charge < -0.3 is 14.8 Å². The highest BCUT2D eigenvalue weighted by Gasteiger charge is 2.21. The lowest BCUT2D eigenvalue weighted by Gasteiger charge is -2.14. The molecule has 1 amide bonds. The van der Waals surface area contributed by atoms with Gasteiger partial charge in [-0.2, -0.15) is 0 Å². The minimum absolute atomic E-state index is 0.0527. The zero-order valence-corrected chi connectivity index (χ0v) is 21.1. The molecule has 0 unspecified atom stereocenters. The Bertz CT molecular complexity index is 1450. The van der Waals surface area contributed by atoms with Gasteiger partial charge in [0.25, 0.3) is 26.0 Å². The first-order valence-electron chi connectivity index (χ1n) is 10.2. The van der Waals surface area contributed by atoms with Crippen LogP contribution < -0.4 is 24.2 Å². The Balaban J connectivity index is 1.84. The summed E-state index contributed by atoms with van der Waals surface area (Å²) in [5.74, 6) is 0.0703. The maximum absolute atomic E-state index is 12.9. The molecule has 35 heavy (non-hydrogen) atoms. The van der Waals surface area contributed by atoms with Gasteiger partial charge in [0.2, 0.25) is 0 Å². The van der Waals surface area contributed by atoms with Crippen LogP contribution in [0.4, 0.5) is 11.4 Å². The molecule has 0 fully saturated rings. The molecular formula is C23H25N3O7S2. The van der Waals surface area contributed by atoms with Gasteiger partial charge in [-0.05, 0) is 67.1 Å². The van der Waals surface area contributed by atoms with E-state index in [2.05, 4.69) is 14.8 Å². The first-order chi connectivity index (χ1) is 16.5. The average molecular weight is 520 g/mol. The third-order valence-electron chi connectivity index (χ3n) is 4.97. The second-order valence-electron chi connectivity index (χ2n) is 7.38. The summed E-state index contributed by atoms with van der Waals surface area (Å²) in [5, 5.41) is 2.43. The summed E-state index contributed by atoms with van der Waals surface area (Å²) in [4.78, 5) is 11.8. The second kappa shape index (κ2) is 10.2. The number of rotatable bonds is 9. The van der Waals surface area contributed by atoms with E-state index in [1.807, 2.05) is 6.92 Å². The number of hydrogen-bond donors (Lipinski definition) is 3. The summed E-state index contributed by atoms with van der Waals surface area (Å²) in [6.45, 7) is 1.82. The number of methoxy groups -OCH3 is 2. The van der Waals surface area contributed by atoms with E-state index in [9.17, 15) is 21.6 Å². The van der Waals surface area contributed by atoms with Gasteiger partial charge in [-0.1, -0.05) is 6.07 Å². The highest BCUT2D eigenvalue weighted by Crippen LogP contribution is 2.29. The van der Waals surface area contributed by atoms with E-state index in [-0.39, 0.29) is 32.5 Å². The average Bonchev–Trinajstić information content (AvgIpc) is 2.83. The number of carbonyl (C=O) groups excluding carboxylic acids is 1. The number of sulfonamides is 2. The number of ether oxygens (including phenoxy) is 2. The van der Waals surface area contributed by atoms with Crippen LogP contribution in [0.3, 0.4) is 0 Å². The number of nitrogens with one attached hydrogen (secondary N) is 3. The predicted molar refractivity (Wildman–Crippen MR) is 132 cm³/mol. The maximum Gasteiger partial charge on any atom is 0.262 e. The Hall–Kier alpha value is -3.77. The van der Waals surface area contributed by atoms with Gasteiger partial charge in [0.05, 0.1) is 35.3 Å². The SMILES string of the molecule is CNC(=O)c1cc(S(=O)(=O)Nc2ccc(S(=O)(=O)Nc3cc(C)ccc3OC)cc2)ccc1OC. The number of hydrogen-bond acceptors (Lipinski definition) is 7. The molecule has 0 spiro atoms. The van der Waals surface area contributed by atoms with Gasteiger partial charge in [-0.3, -0.25) is 14.2 Å². The van der Waals surface area contributed by atoms with Crippen molar-refractivity contribution in [2.24, 2.45) is 0 Å². The highest BCUT2D eigenvalue weighted by molar-refractivity contribution is 7.93. The summed E-state index contributed by atoms with van der Waals surface area (Å²) in [7, 11) is -3.83. The summed E-state index contributed by atoms with van der Waals surface area (Å²) < 4.78 is 66.6. The van der Waals surface area contributed by atoms with Crippen LogP contribution in [0.2, 0.25) is 0 Å². The lowest BCUT2D eigenvalue weighted by molar-refractivity contribution is 0.0960. The zero-order valence-electron chi connectivity index (χ0n) is 19.4. The topological polar surface area (TPSA) is 140 Å². The fourth-order valence-electron chi connectivity index (χ4n) is 3.19. The summed E-state index contributed by atoms with van der Waals surface area (Å²) in [6.07, 6.45) is 0. The Morgan fingerprint density at radius 1 is 0.743 bits per heavy atom. The molecule has 186 valence electrons. The third-order valence-corrected chi connectivity index (χ3v) is 7.73. The number of aryl methyl sites for hydroxylation is 1. The molecule has 0 aromatic heterocycles. The first kappa shape index (κ1) is 25.8. The molecular weight excluding hydrogens is 494 g/mol. The van der Waals surface area contributed by atoms with Gasteiger partial charge in [-0.15, -0.1) is 0 Å². The highest BCUT2D eigenvalue weighted by atomic mass is 32.2. The fraction of sp³-hybridized carbons (Fsp3) is 0.174. The largest absolute Gasteiger partial charge is 0.496 e. The molecule has 0 radical (unpaired) electrons. The van der Waals surface area contributed by atoms with Gasteiger partial charge >= 0.3 is 0 Å². The predicted octanol–water partition coefficient (Wildman–Crippen LogP) is 2.97. The fourth-order valence-corrected chi connectivity index (χ4v) is 5.33. The lowest BCUT2D eigenvalue weighted by Crippen LogP contribution is -2.20. The third kappa shape index (κ3) is 5.84. The van der Waals surface area contributed by atoms with E-state index in [0.717, 1.165) is 5.56 Å². The number of amides is 1. The molecule has 0 aliphatic carbocycles. The van der Waals surface area contributed by atoms with Crippen LogP contribution in [0.5, 0.6) is 11.5 Å². The molecule has 0 saturated carbocycles. The van der Waals surface area contributed by atoms with Crippen molar-refractivity contribution in [1.29, 1.82) is 0 Å². The molecule has 3 rings (SSSR count). The first-order valence-corrected chi connectivity index (χ1v) is 13.2. The number of anilines is 2. The van der Waals surface area contributed by atoms with E-state index >= 15 is 0 Å². The minimum atomic E-state index is -4.08. The van der Waals surface area contributed by atoms with Crippen LogP contribution in [0, 0.1) is 6.92 Å². The van der Waals surface area contributed by atoms with Crippen LogP contribution in [0.15, 0.2) is 70.5 Å². The maximum atomic E-state index is 12.9. The summed E-state index contributed by atoms with van der Waals surface area (Å²) >= 11 is 0. The summed E-state index contributed by atoms with van der Waals surface area (Å²) in [5.41, 5.74) is 1.31.